The first-order chi connectivity index (χ1) is 9.15. The highest BCUT2D eigenvalue weighted by Gasteiger charge is 2.15. The fourth-order valence-corrected chi connectivity index (χ4v) is 1.93. The molecule has 0 spiro atoms. The molecule has 0 fully saturated rings. The van der Waals surface area contributed by atoms with Crippen LogP contribution in [0.15, 0.2) is 47.0 Å². The van der Waals surface area contributed by atoms with E-state index in [4.69, 9.17) is 9.63 Å². The van der Waals surface area contributed by atoms with Crippen molar-refractivity contribution < 1.29 is 19.5 Å². The number of hydrogen-bond donors (Lipinski definition) is 2. The van der Waals surface area contributed by atoms with E-state index in [2.05, 4.69) is 5.16 Å². The zero-order chi connectivity index (χ0) is 13.4. The number of nitrogens with zero attached hydrogens (tertiary/aromatic N) is 1. The summed E-state index contributed by atoms with van der Waals surface area (Å²) in [4.78, 5) is 10.9. The minimum Gasteiger partial charge on any atom is -0.508 e. The average molecular weight is 255 g/mol. The van der Waals surface area contributed by atoms with Crippen LogP contribution in [0.1, 0.15) is 10.6 Å². The van der Waals surface area contributed by atoms with Gasteiger partial charge in [-0.1, -0.05) is 23.4 Å². The summed E-state index contributed by atoms with van der Waals surface area (Å²) in [5.74, 6) is -1.11. The van der Waals surface area contributed by atoms with Gasteiger partial charge in [-0.2, -0.15) is 0 Å². The highest BCUT2D eigenvalue weighted by atomic mass is 16.5. The summed E-state index contributed by atoms with van der Waals surface area (Å²) < 4.78 is 4.80. The molecule has 3 aromatic rings. The number of aromatic carboxylic acids is 1. The molecule has 0 saturated carbocycles. The van der Waals surface area contributed by atoms with E-state index >= 15 is 0 Å². The van der Waals surface area contributed by atoms with Gasteiger partial charge in [0.05, 0.1) is 5.39 Å². The SMILES string of the molecule is O=C(O)c1onc2cc(-c3ccc(O)cc3)ccc12. The van der Waals surface area contributed by atoms with E-state index in [1.807, 2.05) is 0 Å². The molecule has 2 aromatic carbocycles. The predicted octanol–water partition coefficient (Wildman–Crippen LogP) is 2.90. The van der Waals surface area contributed by atoms with Crippen LogP contribution < -0.4 is 0 Å². The van der Waals surface area contributed by atoms with E-state index in [0.29, 0.717) is 10.9 Å². The van der Waals surface area contributed by atoms with Crippen LogP contribution in [0.3, 0.4) is 0 Å². The molecule has 0 aliphatic carbocycles. The van der Waals surface area contributed by atoms with Crippen molar-refractivity contribution in [1.82, 2.24) is 5.16 Å². The average Bonchev–Trinajstić information content (AvgIpc) is 2.82. The van der Waals surface area contributed by atoms with E-state index in [1.165, 1.54) is 0 Å². The van der Waals surface area contributed by atoms with E-state index in [9.17, 15) is 9.90 Å². The highest BCUT2D eigenvalue weighted by molar-refractivity contribution is 6.00. The Hall–Kier alpha value is -2.82. The Labute approximate surface area is 107 Å². The minimum absolute atomic E-state index is 0.160. The number of phenols is 1. The number of carboxylic acid groups (broad SMARTS) is 1. The maximum absolute atomic E-state index is 10.9. The molecule has 1 aromatic heterocycles. The molecule has 0 saturated heterocycles. The van der Waals surface area contributed by atoms with Crippen molar-refractivity contribution >= 4 is 16.9 Å². The Morgan fingerprint density at radius 3 is 2.42 bits per heavy atom. The molecule has 0 unspecified atom stereocenters. The largest absolute Gasteiger partial charge is 0.508 e. The van der Waals surface area contributed by atoms with E-state index in [-0.39, 0.29) is 11.5 Å². The smallest absolute Gasteiger partial charge is 0.375 e. The van der Waals surface area contributed by atoms with Crippen LogP contribution in [0.4, 0.5) is 0 Å². The molecule has 5 heteroatoms. The van der Waals surface area contributed by atoms with Gasteiger partial charge in [0.25, 0.3) is 5.76 Å². The lowest BCUT2D eigenvalue weighted by molar-refractivity contribution is 0.0655. The third-order valence-corrected chi connectivity index (χ3v) is 2.87. The van der Waals surface area contributed by atoms with Gasteiger partial charge < -0.3 is 14.7 Å². The Morgan fingerprint density at radius 1 is 1.05 bits per heavy atom. The van der Waals surface area contributed by atoms with Crippen molar-refractivity contribution in [2.45, 2.75) is 0 Å². The number of carboxylic acids is 1. The zero-order valence-corrected chi connectivity index (χ0v) is 9.70. The van der Waals surface area contributed by atoms with E-state index in [1.54, 1.807) is 42.5 Å². The molecule has 5 nitrogen and oxygen atoms in total. The first-order valence-electron chi connectivity index (χ1n) is 5.57. The molecular formula is C14H9NO4. The lowest BCUT2D eigenvalue weighted by atomic mass is 10.0. The van der Waals surface area contributed by atoms with Crippen LogP contribution in [0, 0.1) is 0 Å². The molecule has 0 atom stereocenters. The lowest BCUT2D eigenvalue weighted by Gasteiger charge is -2.01. The second-order valence-corrected chi connectivity index (χ2v) is 4.10. The normalized spacial score (nSPS) is 10.7. The second kappa shape index (κ2) is 4.13. The van der Waals surface area contributed by atoms with Gasteiger partial charge in [0.15, 0.2) is 0 Å². The van der Waals surface area contributed by atoms with Crippen LogP contribution in [-0.4, -0.2) is 21.3 Å². The van der Waals surface area contributed by atoms with Gasteiger partial charge in [-0.3, -0.25) is 0 Å². The molecule has 0 amide bonds. The Kier molecular flexibility index (Phi) is 2.45. The fourth-order valence-electron chi connectivity index (χ4n) is 1.93. The summed E-state index contributed by atoms with van der Waals surface area (Å²) in [5, 5.41) is 22.4. The van der Waals surface area contributed by atoms with Crippen molar-refractivity contribution in [2.75, 3.05) is 0 Å². The number of aromatic hydroxyl groups is 1. The second-order valence-electron chi connectivity index (χ2n) is 4.10. The van der Waals surface area contributed by atoms with Crippen molar-refractivity contribution in [3.8, 4) is 16.9 Å². The van der Waals surface area contributed by atoms with Crippen LogP contribution in [0.2, 0.25) is 0 Å². The molecule has 0 bridgehead atoms. The van der Waals surface area contributed by atoms with Crippen molar-refractivity contribution in [3.05, 3.63) is 48.2 Å². The number of carbonyl (C=O) groups is 1. The van der Waals surface area contributed by atoms with Crippen LogP contribution in [0.5, 0.6) is 5.75 Å². The summed E-state index contributed by atoms with van der Waals surface area (Å²) in [5.41, 5.74) is 2.26. The van der Waals surface area contributed by atoms with Gasteiger partial charge >= 0.3 is 5.97 Å². The van der Waals surface area contributed by atoms with Gasteiger partial charge in [-0.25, -0.2) is 4.79 Å². The van der Waals surface area contributed by atoms with Gasteiger partial charge in [0.2, 0.25) is 0 Å². The number of rotatable bonds is 2. The first-order valence-corrected chi connectivity index (χ1v) is 5.57. The highest BCUT2D eigenvalue weighted by Crippen LogP contribution is 2.27. The molecule has 0 radical (unpaired) electrons. The van der Waals surface area contributed by atoms with Gasteiger partial charge in [-0.15, -0.1) is 0 Å². The Morgan fingerprint density at radius 2 is 1.74 bits per heavy atom. The molecule has 2 N–H and O–H groups in total. The molecule has 0 aliphatic rings. The molecule has 94 valence electrons. The number of fused-ring (bicyclic) bond motifs is 1. The molecule has 19 heavy (non-hydrogen) atoms. The number of benzene rings is 2. The minimum atomic E-state index is -1.14. The first kappa shape index (κ1) is 11.3. The number of aromatic nitrogens is 1. The van der Waals surface area contributed by atoms with E-state index < -0.39 is 5.97 Å². The number of phenolic OH excluding ortho intramolecular Hbond substituents is 1. The van der Waals surface area contributed by atoms with Gasteiger partial charge in [-0.05, 0) is 35.4 Å². The van der Waals surface area contributed by atoms with Crippen LogP contribution in [0.25, 0.3) is 22.0 Å². The summed E-state index contributed by atoms with van der Waals surface area (Å²) >= 11 is 0. The predicted molar refractivity (Wildman–Crippen MR) is 68.1 cm³/mol. The quantitative estimate of drug-likeness (QED) is 0.735. The van der Waals surface area contributed by atoms with Crippen molar-refractivity contribution in [2.24, 2.45) is 0 Å². The maximum atomic E-state index is 10.9. The summed E-state index contributed by atoms with van der Waals surface area (Å²) in [6, 6.07) is 11.9. The maximum Gasteiger partial charge on any atom is 0.375 e. The zero-order valence-electron chi connectivity index (χ0n) is 9.70. The van der Waals surface area contributed by atoms with Gasteiger partial charge in [0, 0.05) is 0 Å². The summed E-state index contributed by atoms with van der Waals surface area (Å²) in [6.45, 7) is 0. The lowest BCUT2D eigenvalue weighted by Crippen LogP contribution is -1.93. The fraction of sp³-hybridized carbons (Fsp3) is 0. The Bertz CT molecular complexity index is 759. The molecule has 0 aliphatic heterocycles. The van der Waals surface area contributed by atoms with Crippen LogP contribution in [-0.2, 0) is 0 Å². The number of hydrogen-bond acceptors (Lipinski definition) is 4. The van der Waals surface area contributed by atoms with Crippen molar-refractivity contribution in [3.63, 3.8) is 0 Å². The summed E-state index contributed by atoms with van der Waals surface area (Å²) in [6.07, 6.45) is 0. The van der Waals surface area contributed by atoms with Gasteiger partial charge in [0.1, 0.15) is 11.3 Å². The molecular weight excluding hydrogens is 246 g/mol. The summed E-state index contributed by atoms with van der Waals surface area (Å²) in [7, 11) is 0. The third kappa shape index (κ3) is 1.91. The topological polar surface area (TPSA) is 83.6 Å². The van der Waals surface area contributed by atoms with Crippen LogP contribution >= 0.6 is 0 Å². The van der Waals surface area contributed by atoms with E-state index in [0.717, 1.165) is 11.1 Å². The third-order valence-electron chi connectivity index (χ3n) is 2.87. The molecule has 3 rings (SSSR count). The standard InChI is InChI=1S/C14H9NO4/c16-10-4-1-8(2-5-10)9-3-6-11-12(7-9)15-19-13(11)14(17)18/h1-7,16H,(H,17,18). The van der Waals surface area contributed by atoms with Crippen molar-refractivity contribution in [1.29, 1.82) is 0 Å². The molecule has 1 heterocycles. The Balaban J connectivity index is 2.12. The monoisotopic (exact) mass is 255 g/mol.